The van der Waals surface area contributed by atoms with Crippen LogP contribution in [0.25, 0.3) is 0 Å². The van der Waals surface area contributed by atoms with Gasteiger partial charge in [0.2, 0.25) is 0 Å². The lowest BCUT2D eigenvalue weighted by molar-refractivity contribution is -0.0453. The molecule has 0 radical (unpaired) electrons. The van der Waals surface area contributed by atoms with E-state index in [4.69, 9.17) is 12.2 Å². The highest BCUT2D eigenvalue weighted by Gasteiger charge is 2.64. The molecular weight excluding hydrogens is 278 g/mol. The van der Waals surface area contributed by atoms with Gasteiger partial charge in [-0.05, 0) is 38.1 Å². The monoisotopic (exact) mass is 301 g/mol. The fourth-order valence-electron chi connectivity index (χ4n) is 5.03. The maximum atomic E-state index is 10.8. The molecule has 2 bridgehead atoms. The van der Waals surface area contributed by atoms with Crippen LogP contribution in [0.4, 0.5) is 0 Å². The van der Waals surface area contributed by atoms with E-state index in [1.54, 1.807) is 7.11 Å². The topological polar surface area (TPSA) is 41.9 Å². The number of likely N-dealkylation sites (N-methyl/N-ethyl adjacent to an activating group) is 1. The van der Waals surface area contributed by atoms with Gasteiger partial charge in [0.05, 0.1) is 9.85 Å². The third-order valence-electron chi connectivity index (χ3n) is 6.01. The molecule has 5 atom stereocenters. The van der Waals surface area contributed by atoms with E-state index in [1.165, 1.54) is 6.08 Å². The zero-order valence-corrected chi connectivity index (χ0v) is 12.8. The number of rotatable bonds is 1. The molecule has 116 valence electrons. The fraction of sp³-hybridized carbons (Fsp3) is 0.556. The van der Waals surface area contributed by atoms with Gasteiger partial charge in [-0.15, -0.1) is 0 Å². The largest absolute Gasteiger partial charge is 0.493 e. The Morgan fingerprint density at radius 1 is 1.45 bits per heavy atom. The highest BCUT2D eigenvalue weighted by molar-refractivity contribution is 5.62. The second kappa shape index (κ2) is 4.06. The summed E-state index contributed by atoms with van der Waals surface area (Å²) in [6.07, 6.45) is 1.11. The molecule has 4 aliphatic rings. The van der Waals surface area contributed by atoms with E-state index in [2.05, 4.69) is 18.0 Å². The van der Waals surface area contributed by atoms with Gasteiger partial charge in [0, 0.05) is 22.9 Å². The normalized spacial score (nSPS) is 49.0. The van der Waals surface area contributed by atoms with Crippen molar-refractivity contribution < 1.29 is 17.3 Å². The second-order valence-electron chi connectivity index (χ2n) is 6.81. The standard InChI is InChI=1S/C18H21NO3/c1-19-8-7-18-11-4-5-13(20)17(18)22-16-14(21-2)6-3-10(15(16)18)9-12(11)19/h3-6,11-13,17,20H,7-9H2,1-2H3/t11-,12+,13?,17?,18-/m0/s1/i13D,17D. The lowest BCUT2D eigenvalue weighted by atomic mass is 9.53. The van der Waals surface area contributed by atoms with Gasteiger partial charge in [0.15, 0.2) is 11.5 Å². The Morgan fingerprint density at radius 2 is 2.32 bits per heavy atom. The van der Waals surface area contributed by atoms with Gasteiger partial charge in [0.1, 0.15) is 12.2 Å². The summed E-state index contributed by atoms with van der Waals surface area (Å²) < 4.78 is 29.1. The van der Waals surface area contributed by atoms with Crippen LogP contribution in [0, 0.1) is 5.92 Å². The smallest absolute Gasteiger partial charge is 0.165 e. The van der Waals surface area contributed by atoms with E-state index in [0.29, 0.717) is 17.9 Å². The summed E-state index contributed by atoms with van der Waals surface area (Å²) in [5, 5.41) is 10.8. The van der Waals surface area contributed by atoms with Crippen molar-refractivity contribution in [1.82, 2.24) is 4.90 Å². The van der Waals surface area contributed by atoms with Crippen molar-refractivity contribution in [3.63, 3.8) is 0 Å². The van der Waals surface area contributed by atoms with E-state index in [9.17, 15) is 5.11 Å². The van der Waals surface area contributed by atoms with Crippen molar-refractivity contribution in [2.24, 2.45) is 5.92 Å². The van der Waals surface area contributed by atoms with Gasteiger partial charge in [0.25, 0.3) is 0 Å². The van der Waals surface area contributed by atoms with Crippen LogP contribution >= 0.6 is 0 Å². The lowest BCUT2D eigenvalue weighted by Crippen LogP contribution is -2.64. The van der Waals surface area contributed by atoms with Crippen molar-refractivity contribution in [1.29, 1.82) is 0 Å². The van der Waals surface area contributed by atoms with E-state index >= 15 is 0 Å². The molecule has 22 heavy (non-hydrogen) atoms. The number of likely N-dealkylation sites (tertiary alicyclic amines) is 1. The minimum atomic E-state index is -2.09. The number of hydrogen-bond acceptors (Lipinski definition) is 4. The van der Waals surface area contributed by atoms with E-state index in [0.717, 1.165) is 24.1 Å². The number of methoxy groups -OCH3 is 1. The van der Waals surface area contributed by atoms with Gasteiger partial charge in [-0.2, -0.15) is 0 Å². The Hall–Kier alpha value is -1.52. The Kier molecular flexibility index (Phi) is 2.05. The summed E-state index contributed by atoms with van der Waals surface area (Å²) in [5.74, 6) is 1.18. The van der Waals surface area contributed by atoms with Crippen LogP contribution < -0.4 is 9.47 Å². The summed E-state index contributed by atoms with van der Waals surface area (Å²) in [4.78, 5) is 2.33. The number of benzene rings is 1. The molecule has 5 rings (SSSR count). The molecule has 2 unspecified atom stereocenters. The molecule has 2 heterocycles. The number of hydrogen-bond donors (Lipinski definition) is 1. The summed E-state index contributed by atoms with van der Waals surface area (Å²) in [6.45, 7) is 0.825. The predicted octanol–water partition coefficient (Wildman–Crippen LogP) is 1.50. The number of aliphatic hydroxyl groups is 1. The summed E-state index contributed by atoms with van der Waals surface area (Å²) >= 11 is 0. The van der Waals surface area contributed by atoms with Crippen molar-refractivity contribution in [2.45, 2.75) is 36.5 Å². The maximum Gasteiger partial charge on any atom is 0.165 e. The van der Waals surface area contributed by atoms with Gasteiger partial charge in [-0.25, -0.2) is 0 Å². The quantitative estimate of drug-likeness (QED) is 0.798. The Balaban J connectivity index is 1.88. The molecule has 1 N–H and O–H groups in total. The first-order chi connectivity index (χ1) is 11.4. The predicted molar refractivity (Wildman–Crippen MR) is 82.5 cm³/mol. The molecule has 1 fully saturated rings. The first kappa shape index (κ1) is 11.1. The molecular formula is C18H21NO3. The molecule has 0 aromatic heterocycles. The van der Waals surface area contributed by atoms with Gasteiger partial charge < -0.3 is 19.5 Å². The average Bonchev–Trinajstić information content (AvgIpc) is 2.82. The molecule has 1 saturated heterocycles. The van der Waals surface area contributed by atoms with Gasteiger partial charge >= 0.3 is 0 Å². The summed E-state index contributed by atoms with van der Waals surface area (Å²) in [6, 6.07) is 4.18. The van der Waals surface area contributed by atoms with Crippen LogP contribution in [0.2, 0.25) is 0 Å². The number of ether oxygens (including phenoxy) is 2. The SMILES string of the molecule is [2H]C1(O)C=C[C@H]2[C@H]3Cc4ccc(OC)c5c4[C@@]2(CCN3C)C1([2H])O5. The minimum absolute atomic E-state index is 0.0558. The second-order valence-corrected chi connectivity index (χ2v) is 6.81. The summed E-state index contributed by atoms with van der Waals surface area (Å²) in [5.41, 5.74) is 1.44. The highest BCUT2D eigenvalue weighted by Crippen LogP contribution is 2.62. The Labute approximate surface area is 133 Å². The van der Waals surface area contributed by atoms with Crippen molar-refractivity contribution in [3.05, 3.63) is 35.4 Å². The molecule has 1 spiro atoms. The molecule has 4 heteroatoms. The first-order valence-corrected chi connectivity index (χ1v) is 7.87. The molecule has 0 amide bonds. The van der Waals surface area contributed by atoms with Crippen LogP contribution in [-0.2, 0) is 11.8 Å². The number of piperidine rings is 1. The van der Waals surface area contributed by atoms with E-state index in [1.807, 2.05) is 12.1 Å². The molecule has 4 nitrogen and oxygen atoms in total. The minimum Gasteiger partial charge on any atom is -0.493 e. The van der Waals surface area contributed by atoms with Crippen molar-refractivity contribution >= 4 is 0 Å². The zero-order chi connectivity index (χ0) is 16.9. The number of nitrogens with zero attached hydrogens (tertiary/aromatic N) is 1. The highest BCUT2D eigenvalue weighted by atomic mass is 16.5. The Bertz CT molecular complexity index is 780. The zero-order valence-electron chi connectivity index (χ0n) is 14.8. The third kappa shape index (κ3) is 1.28. The van der Waals surface area contributed by atoms with Crippen molar-refractivity contribution in [3.8, 4) is 11.5 Å². The molecule has 1 aromatic rings. The van der Waals surface area contributed by atoms with Crippen LogP contribution in [-0.4, -0.2) is 48.9 Å². The first-order valence-electron chi connectivity index (χ1n) is 8.87. The van der Waals surface area contributed by atoms with E-state index in [-0.39, 0.29) is 12.0 Å². The Morgan fingerprint density at radius 3 is 3.14 bits per heavy atom. The third-order valence-corrected chi connectivity index (χ3v) is 6.01. The van der Waals surface area contributed by atoms with Gasteiger partial charge in [-0.1, -0.05) is 18.2 Å². The maximum absolute atomic E-state index is 10.8. The molecule has 1 aromatic carbocycles. The van der Waals surface area contributed by atoms with Crippen LogP contribution in [0.5, 0.6) is 11.5 Å². The van der Waals surface area contributed by atoms with Crippen LogP contribution in [0.15, 0.2) is 24.3 Å². The molecule has 0 saturated carbocycles. The molecule has 2 aliphatic heterocycles. The average molecular weight is 301 g/mol. The lowest BCUT2D eigenvalue weighted by Gasteiger charge is -2.56. The van der Waals surface area contributed by atoms with Crippen molar-refractivity contribution in [2.75, 3.05) is 20.7 Å². The van der Waals surface area contributed by atoms with Gasteiger partial charge in [-0.3, -0.25) is 0 Å². The van der Waals surface area contributed by atoms with Crippen LogP contribution in [0.3, 0.4) is 0 Å². The fourth-order valence-corrected chi connectivity index (χ4v) is 5.03. The summed E-state index contributed by atoms with van der Waals surface area (Å²) in [7, 11) is 3.70. The van der Waals surface area contributed by atoms with Crippen LogP contribution in [0.1, 0.15) is 20.3 Å². The van der Waals surface area contributed by atoms with E-state index < -0.39 is 17.6 Å². The molecule has 2 aliphatic carbocycles.